The summed E-state index contributed by atoms with van der Waals surface area (Å²) in [6, 6.07) is 9.79. The molecule has 102 valence electrons. The van der Waals surface area contributed by atoms with Crippen molar-refractivity contribution in [2.45, 2.75) is 6.42 Å². The van der Waals surface area contributed by atoms with E-state index in [9.17, 15) is 13.2 Å². The first-order valence-corrected chi connectivity index (χ1v) is 5.98. The van der Waals surface area contributed by atoms with Crippen molar-refractivity contribution in [3.05, 3.63) is 65.0 Å². The number of hydrogen-bond donors (Lipinski definition) is 1. The van der Waals surface area contributed by atoms with Gasteiger partial charge in [0.25, 0.3) is 0 Å². The number of benzene rings is 2. The molecular formula is C15H11F3N2. The average Bonchev–Trinajstić information content (AvgIpc) is 2.43. The monoisotopic (exact) mass is 276 g/mol. The van der Waals surface area contributed by atoms with E-state index in [-0.39, 0.29) is 23.6 Å². The highest BCUT2D eigenvalue weighted by Crippen LogP contribution is 2.20. The van der Waals surface area contributed by atoms with Crippen LogP contribution in [-0.4, -0.2) is 6.54 Å². The van der Waals surface area contributed by atoms with Gasteiger partial charge in [-0.25, -0.2) is 13.2 Å². The van der Waals surface area contributed by atoms with Crippen LogP contribution in [0.25, 0.3) is 0 Å². The van der Waals surface area contributed by atoms with Gasteiger partial charge in [-0.3, -0.25) is 0 Å². The maximum atomic E-state index is 13.6. The maximum absolute atomic E-state index is 13.6. The second-order valence-electron chi connectivity index (χ2n) is 4.19. The third kappa shape index (κ3) is 3.09. The van der Waals surface area contributed by atoms with Crippen molar-refractivity contribution < 1.29 is 13.2 Å². The average molecular weight is 276 g/mol. The predicted octanol–water partition coefficient (Wildman–Crippen LogP) is 3.63. The molecule has 0 heterocycles. The Hall–Kier alpha value is -2.48. The Balaban J connectivity index is 2.05. The van der Waals surface area contributed by atoms with E-state index >= 15 is 0 Å². The molecule has 0 unspecified atom stereocenters. The van der Waals surface area contributed by atoms with Gasteiger partial charge in [-0.2, -0.15) is 5.26 Å². The molecule has 2 aromatic rings. The summed E-state index contributed by atoms with van der Waals surface area (Å²) in [7, 11) is 0. The molecule has 5 heteroatoms. The molecule has 0 saturated heterocycles. The number of nitrogens with zero attached hydrogens (tertiary/aromatic N) is 1. The van der Waals surface area contributed by atoms with E-state index in [2.05, 4.69) is 5.32 Å². The van der Waals surface area contributed by atoms with Crippen LogP contribution in [-0.2, 0) is 6.42 Å². The van der Waals surface area contributed by atoms with E-state index in [0.717, 1.165) is 12.1 Å². The molecule has 2 nitrogen and oxygen atoms in total. The van der Waals surface area contributed by atoms with Crippen LogP contribution < -0.4 is 5.32 Å². The lowest BCUT2D eigenvalue weighted by Gasteiger charge is -2.09. The molecule has 0 aliphatic carbocycles. The van der Waals surface area contributed by atoms with Crippen LogP contribution in [0.15, 0.2) is 36.4 Å². The van der Waals surface area contributed by atoms with E-state index in [4.69, 9.17) is 5.26 Å². The van der Waals surface area contributed by atoms with E-state index in [1.165, 1.54) is 6.07 Å². The van der Waals surface area contributed by atoms with Gasteiger partial charge in [0.15, 0.2) is 11.6 Å². The summed E-state index contributed by atoms with van der Waals surface area (Å²) in [5, 5.41) is 11.2. The first kappa shape index (κ1) is 13.9. The van der Waals surface area contributed by atoms with Crippen LogP contribution in [0.5, 0.6) is 0 Å². The molecule has 0 fully saturated rings. The first-order valence-electron chi connectivity index (χ1n) is 5.98. The lowest BCUT2D eigenvalue weighted by molar-refractivity contribution is 0.586. The highest BCUT2D eigenvalue weighted by Gasteiger charge is 2.11. The molecule has 0 bridgehead atoms. The Bertz CT molecular complexity index is 639. The summed E-state index contributed by atoms with van der Waals surface area (Å²) in [5.41, 5.74) is 0.0782. The van der Waals surface area contributed by atoms with Gasteiger partial charge < -0.3 is 5.32 Å². The highest BCUT2D eigenvalue weighted by molar-refractivity contribution is 5.50. The van der Waals surface area contributed by atoms with Gasteiger partial charge in [-0.15, -0.1) is 0 Å². The molecule has 20 heavy (non-hydrogen) atoms. The normalized spacial score (nSPS) is 10.1. The molecule has 0 atom stereocenters. The van der Waals surface area contributed by atoms with Crippen LogP contribution in [0.2, 0.25) is 0 Å². The summed E-state index contributed by atoms with van der Waals surface area (Å²) >= 11 is 0. The van der Waals surface area contributed by atoms with Crippen LogP contribution >= 0.6 is 0 Å². The third-order valence-corrected chi connectivity index (χ3v) is 2.83. The number of hydrogen-bond acceptors (Lipinski definition) is 2. The Morgan fingerprint density at radius 2 is 1.65 bits per heavy atom. The fourth-order valence-corrected chi connectivity index (χ4v) is 1.83. The zero-order valence-corrected chi connectivity index (χ0v) is 10.5. The summed E-state index contributed by atoms with van der Waals surface area (Å²) in [6.07, 6.45) is 0.297. The number of nitriles is 1. The second-order valence-corrected chi connectivity index (χ2v) is 4.19. The van der Waals surface area contributed by atoms with E-state index < -0.39 is 11.6 Å². The van der Waals surface area contributed by atoms with Crippen molar-refractivity contribution in [2.75, 3.05) is 11.9 Å². The molecule has 2 rings (SSSR count). The minimum Gasteiger partial charge on any atom is -0.380 e. The van der Waals surface area contributed by atoms with Gasteiger partial charge in [-0.05, 0) is 30.2 Å². The highest BCUT2D eigenvalue weighted by atomic mass is 19.1. The summed E-state index contributed by atoms with van der Waals surface area (Å²) in [6.45, 7) is 0.181. The molecule has 0 saturated carbocycles. The first-order chi connectivity index (χ1) is 9.61. The lowest BCUT2D eigenvalue weighted by Crippen LogP contribution is -2.09. The largest absolute Gasteiger partial charge is 0.380 e. The fraction of sp³-hybridized carbons (Fsp3) is 0.133. The van der Waals surface area contributed by atoms with Gasteiger partial charge in [0.05, 0.1) is 11.6 Å². The van der Waals surface area contributed by atoms with Crippen LogP contribution in [0, 0.1) is 28.8 Å². The van der Waals surface area contributed by atoms with Crippen molar-refractivity contribution in [3.63, 3.8) is 0 Å². The SMILES string of the molecule is N#Cc1cc(F)c(NCCc2ccccc2F)c(F)c1. The standard InChI is InChI=1S/C15H11F3N2/c16-12-4-2-1-3-11(12)5-6-20-15-13(17)7-10(9-19)8-14(15)18/h1-4,7-8,20H,5-6H2. The van der Waals surface area contributed by atoms with Crippen LogP contribution in [0.1, 0.15) is 11.1 Å². The number of rotatable bonds is 4. The fourth-order valence-electron chi connectivity index (χ4n) is 1.83. The lowest BCUT2D eigenvalue weighted by atomic mass is 10.1. The van der Waals surface area contributed by atoms with E-state index in [1.807, 2.05) is 0 Å². The van der Waals surface area contributed by atoms with E-state index in [0.29, 0.717) is 12.0 Å². The van der Waals surface area contributed by atoms with Crippen LogP contribution in [0.4, 0.5) is 18.9 Å². The summed E-state index contributed by atoms with van der Waals surface area (Å²) < 4.78 is 40.5. The van der Waals surface area contributed by atoms with Crippen molar-refractivity contribution in [2.24, 2.45) is 0 Å². The molecule has 0 aliphatic rings. The Labute approximate surface area is 114 Å². The van der Waals surface area contributed by atoms with Gasteiger partial charge in [0.1, 0.15) is 11.5 Å². The minimum atomic E-state index is -0.838. The zero-order valence-electron chi connectivity index (χ0n) is 10.5. The van der Waals surface area contributed by atoms with Crippen molar-refractivity contribution >= 4 is 5.69 Å². The second kappa shape index (κ2) is 6.11. The Morgan fingerprint density at radius 1 is 1.00 bits per heavy atom. The molecule has 0 aromatic heterocycles. The summed E-state index contributed by atoms with van der Waals surface area (Å²) in [5.74, 6) is -2.03. The van der Waals surface area contributed by atoms with Crippen molar-refractivity contribution in [3.8, 4) is 6.07 Å². The number of nitrogens with one attached hydrogen (secondary N) is 1. The van der Waals surface area contributed by atoms with Crippen molar-refractivity contribution in [1.29, 1.82) is 5.26 Å². The van der Waals surface area contributed by atoms with Gasteiger partial charge >= 0.3 is 0 Å². The third-order valence-electron chi connectivity index (χ3n) is 2.83. The molecule has 1 N–H and O–H groups in total. The van der Waals surface area contributed by atoms with Gasteiger partial charge in [0.2, 0.25) is 0 Å². The molecule has 0 aliphatic heterocycles. The quantitative estimate of drug-likeness (QED) is 0.925. The molecule has 0 amide bonds. The number of anilines is 1. The van der Waals surface area contributed by atoms with Gasteiger partial charge in [0, 0.05) is 6.54 Å². The predicted molar refractivity (Wildman–Crippen MR) is 69.7 cm³/mol. The molecule has 2 aromatic carbocycles. The van der Waals surface area contributed by atoms with E-state index in [1.54, 1.807) is 24.3 Å². The zero-order chi connectivity index (χ0) is 14.5. The smallest absolute Gasteiger partial charge is 0.150 e. The topological polar surface area (TPSA) is 35.8 Å². The Kier molecular flexibility index (Phi) is 4.26. The van der Waals surface area contributed by atoms with Gasteiger partial charge in [-0.1, -0.05) is 18.2 Å². The molecule has 0 radical (unpaired) electrons. The Morgan fingerprint density at radius 3 is 2.25 bits per heavy atom. The minimum absolute atomic E-state index is 0.0837. The molecule has 0 spiro atoms. The van der Waals surface area contributed by atoms with Crippen molar-refractivity contribution in [1.82, 2.24) is 0 Å². The maximum Gasteiger partial charge on any atom is 0.150 e. The number of halogens is 3. The summed E-state index contributed by atoms with van der Waals surface area (Å²) in [4.78, 5) is 0. The molecular weight excluding hydrogens is 265 g/mol. The van der Waals surface area contributed by atoms with Crippen LogP contribution in [0.3, 0.4) is 0 Å².